The predicted molar refractivity (Wildman–Crippen MR) is 125 cm³/mol. The summed E-state index contributed by atoms with van der Waals surface area (Å²) < 4.78 is 0. The number of allylic oxidation sites excluding steroid dienone is 4. The molecule has 3 fully saturated rings. The number of rotatable bonds is 6. The summed E-state index contributed by atoms with van der Waals surface area (Å²) in [6.07, 6.45) is 11.2. The van der Waals surface area contributed by atoms with E-state index in [1.165, 1.54) is 5.57 Å². The van der Waals surface area contributed by atoms with Gasteiger partial charge in [-0.15, -0.1) is 0 Å². The van der Waals surface area contributed by atoms with E-state index in [1.807, 2.05) is 13.8 Å². The quantitative estimate of drug-likeness (QED) is 0.485. The Hall–Kier alpha value is -0.940. The van der Waals surface area contributed by atoms with E-state index >= 15 is 0 Å². The summed E-state index contributed by atoms with van der Waals surface area (Å²) in [4.78, 5) is 0. The van der Waals surface area contributed by atoms with Gasteiger partial charge in [-0.2, -0.15) is 0 Å². The van der Waals surface area contributed by atoms with Crippen molar-refractivity contribution in [3.8, 4) is 0 Å². The first-order valence-corrected chi connectivity index (χ1v) is 12.3. The zero-order valence-corrected chi connectivity index (χ0v) is 20.0. The molecule has 4 heteroatoms. The minimum Gasteiger partial charge on any atom is -0.393 e. The fourth-order valence-electron chi connectivity index (χ4n) is 6.50. The third kappa shape index (κ3) is 4.59. The maximum Gasteiger partial charge on any atom is 0.0989 e. The average Bonchev–Trinajstić information content (AvgIpc) is 2.99. The van der Waals surface area contributed by atoms with Gasteiger partial charge in [0.15, 0.2) is 0 Å². The SMILES string of the molecule is C=C1CC[C@H](O)C/C1=C/C=C1\CCC[C@@]2(C)[C@H]1CC[C@]2(O)[C@@](C)(O)CCC(O)C(C)C. The number of aliphatic hydroxyl groups excluding tert-OH is 2. The third-order valence-corrected chi connectivity index (χ3v) is 8.89. The molecule has 0 aromatic heterocycles. The van der Waals surface area contributed by atoms with E-state index < -0.39 is 17.3 Å². The Morgan fingerprint density at radius 1 is 1.19 bits per heavy atom. The highest BCUT2D eigenvalue weighted by Gasteiger charge is 2.64. The van der Waals surface area contributed by atoms with E-state index in [1.54, 1.807) is 6.92 Å². The molecule has 0 aromatic rings. The van der Waals surface area contributed by atoms with Crippen LogP contribution in [-0.2, 0) is 0 Å². The summed E-state index contributed by atoms with van der Waals surface area (Å²) >= 11 is 0. The normalized spacial score (nSPS) is 39.7. The molecule has 3 saturated carbocycles. The zero-order valence-electron chi connectivity index (χ0n) is 20.0. The second kappa shape index (κ2) is 9.13. The molecule has 0 amide bonds. The molecule has 4 N–H and O–H groups in total. The van der Waals surface area contributed by atoms with E-state index in [4.69, 9.17) is 0 Å². The molecule has 0 bridgehead atoms. The fourth-order valence-corrected chi connectivity index (χ4v) is 6.50. The highest BCUT2D eigenvalue weighted by Crippen LogP contribution is 2.63. The number of aliphatic hydroxyl groups is 4. The molecule has 0 aromatic carbocycles. The number of fused-ring (bicyclic) bond motifs is 1. The molecule has 0 radical (unpaired) electrons. The van der Waals surface area contributed by atoms with Gasteiger partial charge in [-0.1, -0.05) is 50.6 Å². The maximum absolute atomic E-state index is 11.9. The first kappa shape index (κ1) is 24.7. The van der Waals surface area contributed by atoms with Gasteiger partial charge in [0.2, 0.25) is 0 Å². The van der Waals surface area contributed by atoms with Crippen LogP contribution in [0.5, 0.6) is 0 Å². The van der Waals surface area contributed by atoms with Gasteiger partial charge in [0.05, 0.1) is 23.4 Å². The zero-order chi connectivity index (χ0) is 23.0. The number of hydrogen-bond donors (Lipinski definition) is 4. The molecular formula is C27H44O4. The molecule has 3 aliphatic carbocycles. The van der Waals surface area contributed by atoms with Crippen LogP contribution in [0.3, 0.4) is 0 Å². The van der Waals surface area contributed by atoms with Gasteiger partial charge in [-0.3, -0.25) is 0 Å². The maximum atomic E-state index is 11.9. The smallest absolute Gasteiger partial charge is 0.0989 e. The summed E-state index contributed by atoms with van der Waals surface area (Å²) in [5.41, 5.74) is 0.818. The van der Waals surface area contributed by atoms with Crippen LogP contribution in [0.15, 0.2) is 35.5 Å². The lowest BCUT2D eigenvalue weighted by atomic mass is 9.57. The van der Waals surface area contributed by atoms with Crippen LogP contribution in [0.1, 0.15) is 91.9 Å². The Balaban J connectivity index is 1.82. The monoisotopic (exact) mass is 432 g/mol. The lowest BCUT2D eigenvalue weighted by Gasteiger charge is -2.53. The van der Waals surface area contributed by atoms with Crippen LogP contribution in [0.4, 0.5) is 0 Å². The summed E-state index contributed by atoms with van der Waals surface area (Å²) in [5.74, 6) is 0.383. The van der Waals surface area contributed by atoms with Gasteiger partial charge < -0.3 is 20.4 Å². The van der Waals surface area contributed by atoms with Crippen LogP contribution < -0.4 is 0 Å². The van der Waals surface area contributed by atoms with Crippen molar-refractivity contribution in [2.75, 3.05) is 0 Å². The van der Waals surface area contributed by atoms with Crippen molar-refractivity contribution in [3.63, 3.8) is 0 Å². The average molecular weight is 433 g/mol. The highest BCUT2D eigenvalue weighted by molar-refractivity contribution is 5.37. The van der Waals surface area contributed by atoms with Crippen LogP contribution in [-0.4, -0.2) is 43.8 Å². The van der Waals surface area contributed by atoms with Crippen molar-refractivity contribution in [1.29, 1.82) is 0 Å². The Morgan fingerprint density at radius 3 is 2.58 bits per heavy atom. The molecule has 176 valence electrons. The Bertz CT molecular complexity index is 734. The predicted octanol–water partition coefficient (Wildman–Crippen LogP) is 4.82. The summed E-state index contributed by atoms with van der Waals surface area (Å²) in [6, 6.07) is 0. The first-order chi connectivity index (χ1) is 14.4. The van der Waals surface area contributed by atoms with Gasteiger partial charge in [0.25, 0.3) is 0 Å². The summed E-state index contributed by atoms with van der Waals surface area (Å²) in [5, 5.41) is 43.7. The fraction of sp³-hybridized carbons (Fsp3) is 0.778. The molecule has 0 saturated heterocycles. The van der Waals surface area contributed by atoms with E-state index in [2.05, 4.69) is 25.7 Å². The van der Waals surface area contributed by atoms with Gasteiger partial charge in [0.1, 0.15) is 0 Å². The van der Waals surface area contributed by atoms with Crippen LogP contribution in [0.2, 0.25) is 0 Å². The molecule has 6 atom stereocenters. The van der Waals surface area contributed by atoms with Crippen LogP contribution >= 0.6 is 0 Å². The van der Waals surface area contributed by atoms with Crippen molar-refractivity contribution >= 4 is 0 Å². The lowest BCUT2D eigenvalue weighted by molar-refractivity contribution is -0.205. The van der Waals surface area contributed by atoms with Crippen LogP contribution in [0.25, 0.3) is 0 Å². The summed E-state index contributed by atoms with van der Waals surface area (Å²) in [7, 11) is 0. The van der Waals surface area contributed by atoms with Gasteiger partial charge in [-0.25, -0.2) is 0 Å². The number of hydrogen-bond acceptors (Lipinski definition) is 4. The third-order valence-electron chi connectivity index (χ3n) is 8.89. The van der Waals surface area contributed by atoms with E-state index in [0.29, 0.717) is 25.7 Å². The van der Waals surface area contributed by atoms with E-state index in [-0.39, 0.29) is 23.4 Å². The second-order valence-electron chi connectivity index (χ2n) is 11.3. The Labute approximate surface area is 188 Å². The van der Waals surface area contributed by atoms with Crippen molar-refractivity contribution in [2.24, 2.45) is 17.3 Å². The highest BCUT2D eigenvalue weighted by atomic mass is 16.4. The molecule has 0 aliphatic heterocycles. The van der Waals surface area contributed by atoms with Gasteiger partial charge in [-0.05, 0) is 88.5 Å². The van der Waals surface area contributed by atoms with Crippen molar-refractivity contribution in [3.05, 3.63) is 35.5 Å². The second-order valence-corrected chi connectivity index (χ2v) is 11.3. The van der Waals surface area contributed by atoms with Crippen LogP contribution in [0, 0.1) is 17.3 Å². The Kier molecular flexibility index (Phi) is 7.27. The Morgan fingerprint density at radius 2 is 1.90 bits per heavy atom. The molecule has 3 aliphatic rings. The van der Waals surface area contributed by atoms with Crippen molar-refractivity contribution < 1.29 is 20.4 Å². The lowest BCUT2D eigenvalue weighted by Crippen LogP contribution is -2.61. The van der Waals surface area contributed by atoms with Gasteiger partial charge >= 0.3 is 0 Å². The van der Waals surface area contributed by atoms with Gasteiger partial charge in [0, 0.05) is 5.41 Å². The minimum atomic E-state index is -1.24. The van der Waals surface area contributed by atoms with Crippen molar-refractivity contribution in [2.45, 2.75) is 115 Å². The first-order valence-electron chi connectivity index (χ1n) is 12.3. The molecule has 31 heavy (non-hydrogen) atoms. The van der Waals surface area contributed by atoms with E-state index in [0.717, 1.165) is 49.7 Å². The van der Waals surface area contributed by atoms with E-state index in [9.17, 15) is 20.4 Å². The minimum absolute atomic E-state index is 0.141. The largest absolute Gasteiger partial charge is 0.393 e. The molecule has 1 unspecified atom stereocenters. The molecule has 3 rings (SSSR count). The molecule has 0 heterocycles. The van der Waals surface area contributed by atoms with Crippen molar-refractivity contribution in [1.82, 2.24) is 0 Å². The standard InChI is InChI=1S/C27H44O4/c1-18(2)24(29)13-15-26(5,30)27(31)16-12-23-20(7-6-14-25(23,27)4)9-10-21-17-22(28)11-8-19(21)3/h9-10,18,22-24,28-31H,3,6-8,11-17H2,1-2,4-5H3/b20-9+,21-10-/t22-,23-,24?,25-,26-,27+/m0/s1. The molecule has 0 spiro atoms. The summed E-state index contributed by atoms with van der Waals surface area (Å²) in [6.45, 7) is 12.1. The topological polar surface area (TPSA) is 80.9 Å². The molecule has 4 nitrogen and oxygen atoms in total. The molecular weight excluding hydrogens is 388 g/mol.